The maximum absolute atomic E-state index is 12.7. The van der Waals surface area contributed by atoms with Crippen LogP contribution < -0.4 is 25.2 Å². The Hall–Kier alpha value is -3.72. The number of amides is 2. The molecule has 1 fully saturated rings. The number of aromatic nitrogens is 2. The number of hydrogen-bond acceptors (Lipinski definition) is 7. The second kappa shape index (κ2) is 9.03. The number of aryl methyl sites for hydroxylation is 1. The Bertz CT molecular complexity index is 1300. The Kier molecular flexibility index (Phi) is 6.15. The minimum absolute atomic E-state index is 0.176. The van der Waals surface area contributed by atoms with E-state index < -0.39 is 0 Å². The maximum Gasteiger partial charge on any atom is 0.259 e. The largest absolute Gasteiger partial charge is 0.493 e. The van der Waals surface area contributed by atoms with Gasteiger partial charge in [-0.05, 0) is 24.6 Å². The van der Waals surface area contributed by atoms with Gasteiger partial charge in [-0.1, -0.05) is 19.1 Å². The summed E-state index contributed by atoms with van der Waals surface area (Å²) < 4.78 is 10.8. The van der Waals surface area contributed by atoms with E-state index in [2.05, 4.69) is 15.3 Å². The highest BCUT2D eigenvalue weighted by Crippen LogP contribution is 2.34. The molecule has 0 bridgehead atoms. The number of benzene rings is 2. The molecule has 2 aromatic carbocycles. The van der Waals surface area contributed by atoms with E-state index in [9.17, 15) is 14.4 Å². The summed E-state index contributed by atoms with van der Waals surface area (Å²) in [6, 6.07) is 8.98. The van der Waals surface area contributed by atoms with Crippen molar-refractivity contribution in [3.05, 3.63) is 57.6 Å². The molecule has 0 saturated carbocycles. The molecule has 0 radical (unpaired) electrons. The number of H-pyrrole nitrogens is 1. The Morgan fingerprint density at radius 2 is 1.94 bits per heavy atom. The van der Waals surface area contributed by atoms with Crippen LogP contribution in [0.2, 0.25) is 0 Å². The van der Waals surface area contributed by atoms with Crippen molar-refractivity contribution >= 4 is 28.4 Å². The van der Waals surface area contributed by atoms with Gasteiger partial charge in [0.15, 0.2) is 11.5 Å². The molecular weight excluding hydrogens is 424 g/mol. The predicted molar refractivity (Wildman–Crippen MR) is 123 cm³/mol. The van der Waals surface area contributed by atoms with Gasteiger partial charge in [-0.2, -0.15) is 0 Å². The Morgan fingerprint density at radius 3 is 2.61 bits per heavy atom. The van der Waals surface area contributed by atoms with E-state index >= 15 is 0 Å². The third-order valence-electron chi connectivity index (χ3n) is 5.79. The van der Waals surface area contributed by atoms with E-state index in [4.69, 9.17) is 9.47 Å². The molecule has 0 aliphatic carbocycles. The van der Waals surface area contributed by atoms with Crippen LogP contribution in [-0.2, 0) is 22.7 Å². The maximum atomic E-state index is 12.7. The zero-order valence-electron chi connectivity index (χ0n) is 19.0. The SMILES string of the molecule is COc1cc2nc(CNCc3cccc(N4C(=O)CC(C)C4=O)c3)[nH]c(=O)c2c(C)c1OC. The summed E-state index contributed by atoms with van der Waals surface area (Å²) in [4.78, 5) is 45.8. The fourth-order valence-electron chi connectivity index (χ4n) is 4.17. The summed E-state index contributed by atoms with van der Waals surface area (Å²) in [5, 5.41) is 3.70. The summed E-state index contributed by atoms with van der Waals surface area (Å²) in [6.45, 7) is 4.34. The molecule has 2 N–H and O–H groups in total. The first-order chi connectivity index (χ1) is 15.8. The Labute approximate surface area is 190 Å². The number of rotatable bonds is 7. The molecule has 1 unspecified atom stereocenters. The van der Waals surface area contributed by atoms with Crippen molar-refractivity contribution in [2.75, 3.05) is 19.1 Å². The summed E-state index contributed by atoms with van der Waals surface area (Å²) in [5.41, 5.74) is 2.41. The van der Waals surface area contributed by atoms with Gasteiger partial charge < -0.3 is 19.8 Å². The number of aromatic amines is 1. The molecule has 9 nitrogen and oxygen atoms in total. The van der Waals surface area contributed by atoms with Crippen molar-refractivity contribution in [1.82, 2.24) is 15.3 Å². The molecule has 1 aromatic heterocycles. The molecule has 2 amide bonds. The molecule has 4 rings (SSSR count). The van der Waals surface area contributed by atoms with Crippen molar-refractivity contribution in [3.63, 3.8) is 0 Å². The normalized spacial score (nSPS) is 16.0. The summed E-state index contributed by atoms with van der Waals surface area (Å²) in [6.07, 6.45) is 0.235. The van der Waals surface area contributed by atoms with Crippen LogP contribution in [0.1, 0.15) is 30.3 Å². The van der Waals surface area contributed by atoms with E-state index in [1.165, 1.54) is 19.1 Å². The van der Waals surface area contributed by atoms with E-state index in [-0.39, 0.29) is 29.7 Å². The molecular formula is C24H26N4O5. The number of ether oxygens (including phenoxy) is 2. The highest BCUT2D eigenvalue weighted by atomic mass is 16.5. The lowest BCUT2D eigenvalue weighted by Crippen LogP contribution is -2.30. The summed E-state index contributed by atoms with van der Waals surface area (Å²) in [5.74, 6) is 0.846. The molecule has 2 heterocycles. The van der Waals surface area contributed by atoms with E-state index in [1.54, 1.807) is 26.0 Å². The molecule has 9 heteroatoms. The van der Waals surface area contributed by atoms with Gasteiger partial charge in [-0.25, -0.2) is 4.98 Å². The minimum atomic E-state index is -0.294. The fourth-order valence-corrected chi connectivity index (χ4v) is 4.17. The molecule has 33 heavy (non-hydrogen) atoms. The van der Waals surface area contributed by atoms with Crippen LogP contribution in [0, 0.1) is 12.8 Å². The number of hydrogen-bond donors (Lipinski definition) is 2. The monoisotopic (exact) mass is 450 g/mol. The van der Waals surface area contributed by atoms with Crippen molar-refractivity contribution < 1.29 is 19.1 Å². The Balaban J connectivity index is 1.51. The third-order valence-corrected chi connectivity index (χ3v) is 5.79. The summed E-state index contributed by atoms with van der Waals surface area (Å²) >= 11 is 0. The second-order valence-corrected chi connectivity index (χ2v) is 8.09. The molecule has 1 aliphatic rings. The van der Waals surface area contributed by atoms with E-state index in [0.29, 0.717) is 52.6 Å². The first kappa shape index (κ1) is 22.5. The average molecular weight is 450 g/mol. The van der Waals surface area contributed by atoms with Crippen LogP contribution in [0.25, 0.3) is 10.9 Å². The average Bonchev–Trinajstić information content (AvgIpc) is 3.04. The van der Waals surface area contributed by atoms with Gasteiger partial charge in [0.25, 0.3) is 5.56 Å². The molecule has 0 spiro atoms. The zero-order valence-corrected chi connectivity index (χ0v) is 19.0. The standard InChI is InChI=1S/C24H26N4O5/c1-13-8-20(29)28(24(13)31)16-7-5-6-15(9-16)11-25-12-19-26-17-10-18(32-3)22(33-4)14(2)21(17)23(30)27-19/h5-7,9-10,13,25H,8,11-12H2,1-4H3,(H,26,27,30). The van der Waals surface area contributed by atoms with Crippen LogP contribution in [0.15, 0.2) is 35.1 Å². The topological polar surface area (TPSA) is 114 Å². The van der Waals surface area contributed by atoms with Gasteiger partial charge in [0.1, 0.15) is 5.82 Å². The number of nitrogens with one attached hydrogen (secondary N) is 2. The zero-order chi connectivity index (χ0) is 23.7. The first-order valence-electron chi connectivity index (χ1n) is 10.6. The highest BCUT2D eigenvalue weighted by molar-refractivity contribution is 6.20. The number of carbonyl (C=O) groups excluding carboxylic acids is 2. The number of carbonyl (C=O) groups is 2. The van der Waals surface area contributed by atoms with Crippen LogP contribution in [0.3, 0.4) is 0 Å². The van der Waals surface area contributed by atoms with Crippen molar-refractivity contribution in [1.29, 1.82) is 0 Å². The van der Waals surface area contributed by atoms with Crippen LogP contribution in [-0.4, -0.2) is 36.0 Å². The number of nitrogens with zero attached hydrogens (tertiary/aromatic N) is 2. The second-order valence-electron chi connectivity index (χ2n) is 8.09. The van der Waals surface area contributed by atoms with Gasteiger partial charge in [0, 0.05) is 30.5 Å². The first-order valence-corrected chi connectivity index (χ1v) is 10.6. The van der Waals surface area contributed by atoms with Crippen molar-refractivity contribution in [3.8, 4) is 11.5 Å². The fraction of sp³-hybridized carbons (Fsp3) is 0.333. The van der Waals surface area contributed by atoms with Crippen LogP contribution >= 0.6 is 0 Å². The molecule has 3 aromatic rings. The van der Waals surface area contributed by atoms with Crippen molar-refractivity contribution in [2.45, 2.75) is 33.4 Å². The van der Waals surface area contributed by atoms with E-state index in [1.807, 2.05) is 18.2 Å². The third kappa shape index (κ3) is 4.19. The number of methoxy groups -OCH3 is 2. The van der Waals surface area contributed by atoms with Crippen LogP contribution in [0.4, 0.5) is 5.69 Å². The van der Waals surface area contributed by atoms with Gasteiger partial charge in [0.2, 0.25) is 11.8 Å². The van der Waals surface area contributed by atoms with Gasteiger partial charge in [-0.3, -0.25) is 19.3 Å². The molecule has 1 saturated heterocycles. The van der Waals surface area contributed by atoms with Gasteiger partial charge in [-0.15, -0.1) is 0 Å². The minimum Gasteiger partial charge on any atom is -0.493 e. The molecule has 1 aliphatic heterocycles. The molecule has 172 valence electrons. The molecule has 1 atom stereocenters. The summed E-state index contributed by atoms with van der Waals surface area (Å²) in [7, 11) is 3.07. The predicted octanol–water partition coefficient (Wildman–Crippen LogP) is 2.44. The van der Waals surface area contributed by atoms with Crippen LogP contribution in [0.5, 0.6) is 11.5 Å². The number of fused-ring (bicyclic) bond motifs is 1. The lowest BCUT2D eigenvalue weighted by atomic mass is 10.1. The van der Waals surface area contributed by atoms with E-state index in [0.717, 1.165) is 5.56 Å². The quantitative estimate of drug-likeness (QED) is 0.532. The highest BCUT2D eigenvalue weighted by Gasteiger charge is 2.36. The van der Waals surface area contributed by atoms with Gasteiger partial charge >= 0.3 is 0 Å². The smallest absolute Gasteiger partial charge is 0.259 e. The lowest BCUT2D eigenvalue weighted by molar-refractivity contribution is -0.122. The van der Waals surface area contributed by atoms with Gasteiger partial charge in [0.05, 0.1) is 37.4 Å². The number of anilines is 1. The number of imide groups is 1. The lowest BCUT2D eigenvalue weighted by Gasteiger charge is -2.16. The van der Waals surface area contributed by atoms with Crippen molar-refractivity contribution in [2.24, 2.45) is 5.92 Å². The Morgan fingerprint density at radius 1 is 1.15 bits per heavy atom.